The average molecular weight is 284 g/mol. The monoisotopic (exact) mass is 284 g/mol. The van der Waals surface area contributed by atoms with Crippen molar-refractivity contribution in [2.45, 2.75) is 44.9 Å². The van der Waals surface area contributed by atoms with Crippen molar-refractivity contribution < 1.29 is 24.2 Å². The van der Waals surface area contributed by atoms with Crippen molar-refractivity contribution in [1.82, 2.24) is 0 Å². The maximum Gasteiger partial charge on any atom is 0.312 e. The second kappa shape index (κ2) is 9.39. The highest BCUT2D eigenvalue weighted by Gasteiger charge is 2.23. The van der Waals surface area contributed by atoms with E-state index in [1.807, 2.05) is 0 Å². The Labute approximate surface area is 119 Å². The topological polar surface area (TPSA) is 72.8 Å². The number of ether oxygens (including phenoxy) is 2. The molecule has 0 aromatic rings. The Morgan fingerprint density at radius 1 is 1.30 bits per heavy atom. The van der Waals surface area contributed by atoms with Crippen molar-refractivity contribution in [2.75, 3.05) is 13.2 Å². The van der Waals surface area contributed by atoms with Crippen LogP contribution in [0.4, 0.5) is 0 Å². The van der Waals surface area contributed by atoms with Gasteiger partial charge < -0.3 is 14.6 Å². The van der Waals surface area contributed by atoms with Crippen molar-refractivity contribution >= 4 is 11.9 Å². The van der Waals surface area contributed by atoms with Crippen LogP contribution in [0.5, 0.6) is 0 Å². The molecule has 0 aromatic carbocycles. The molecule has 5 nitrogen and oxygen atoms in total. The van der Waals surface area contributed by atoms with Crippen LogP contribution >= 0.6 is 0 Å². The maximum atomic E-state index is 12.0. The highest BCUT2D eigenvalue weighted by Crippen LogP contribution is 2.24. The molecule has 1 atom stereocenters. The molecular weight excluding hydrogens is 260 g/mol. The molecule has 0 spiro atoms. The third kappa shape index (κ3) is 6.59. The van der Waals surface area contributed by atoms with E-state index in [0.29, 0.717) is 12.5 Å². The molecule has 1 unspecified atom stereocenters. The van der Waals surface area contributed by atoms with Crippen molar-refractivity contribution in [1.29, 1.82) is 0 Å². The molecule has 1 aliphatic rings. The molecule has 20 heavy (non-hydrogen) atoms. The molecule has 1 fully saturated rings. The van der Waals surface area contributed by atoms with E-state index in [4.69, 9.17) is 14.6 Å². The van der Waals surface area contributed by atoms with E-state index in [0.717, 1.165) is 12.8 Å². The Morgan fingerprint density at radius 3 is 2.60 bits per heavy atom. The predicted molar refractivity (Wildman–Crippen MR) is 74.0 cm³/mol. The van der Waals surface area contributed by atoms with Gasteiger partial charge in [0.2, 0.25) is 0 Å². The summed E-state index contributed by atoms with van der Waals surface area (Å²) >= 11 is 0. The summed E-state index contributed by atoms with van der Waals surface area (Å²) in [5.74, 6) is -1.37. The summed E-state index contributed by atoms with van der Waals surface area (Å²) in [5, 5.41) is 8.69. The summed E-state index contributed by atoms with van der Waals surface area (Å²) in [6, 6.07) is 0. The van der Waals surface area contributed by atoms with Gasteiger partial charge in [-0.15, -0.1) is 0 Å². The van der Waals surface area contributed by atoms with Crippen LogP contribution in [0, 0.1) is 11.8 Å². The highest BCUT2D eigenvalue weighted by atomic mass is 16.5. The number of carboxylic acids is 1. The number of hydrogen-bond acceptors (Lipinski definition) is 4. The van der Waals surface area contributed by atoms with Crippen molar-refractivity contribution in [3.8, 4) is 0 Å². The third-order valence-corrected chi connectivity index (χ3v) is 3.64. The maximum absolute atomic E-state index is 12.0. The number of rotatable bonds is 9. The molecule has 1 saturated carbocycles. The lowest BCUT2D eigenvalue weighted by atomic mass is 9.90. The molecule has 1 aliphatic carbocycles. The van der Waals surface area contributed by atoms with Gasteiger partial charge in [-0.2, -0.15) is 0 Å². The summed E-state index contributed by atoms with van der Waals surface area (Å²) < 4.78 is 10.3. The number of hydrogen-bond donors (Lipinski definition) is 1. The minimum Gasteiger partial charge on any atom is -0.501 e. The lowest BCUT2D eigenvalue weighted by Crippen LogP contribution is -2.25. The van der Waals surface area contributed by atoms with Gasteiger partial charge in [-0.25, -0.2) is 0 Å². The standard InChI is InChI=1S/C15H24O5/c1-2-19-11-13(8-9-14(16)17)15(18)20-10-12-6-4-3-5-7-12/h2,12-13H,1,3-11H2,(H,16,17). The zero-order valence-corrected chi connectivity index (χ0v) is 11.9. The number of carbonyl (C=O) groups is 2. The third-order valence-electron chi connectivity index (χ3n) is 3.64. The van der Waals surface area contributed by atoms with E-state index in [-0.39, 0.29) is 25.4 Å². The highest BCUT2D eigenvalue weighted by molar-refractivity contribution is 5.74. The number of esters is 1. The van der Waals surface area contributed by atoms with Gasteiger partial charge in [0.25, 0.3) is 0 Å². The molecule has 0 aromatic heterocycles. The predicted octanol–water partition coefficient (Wildman–Crippen LogP) is 2.75. The van der Waals surface area contributed by atoms with Crippen molar-refractivity contribution in [3.63, 3.8) is 0 Å². The van der Waals surface area contributed by atoms with E-state index in [1.165, 1.54) is 25.5 Å². The second-order valence-corrected chi connectivity index (χ2v) is 5.26. The summed E-state index contributed by atoms with van der Waals surface area (Å²) in [7, 11) is 0. The Kier molecular flexibility index (Phi) is 7.77. The Bertz CT molecular complexity index is 320. The molecule has 1 N–H and O–H groups in total. The zero-order valence-electron chi connectivity index (χ0n) is 11.9. The van der Waals surface area contributed by atoms with Crippen LogP contribution in [0.2, 0.25) is 0 Å². The first-order valence-electron chi connectivity index (χ1n) is 7.24. The smallest absolute Gasteiger partial charge is 0.312 e. The number of carbonyl (C=O) groups excluding carboxylic acids is 1. The van der Waals surface area contributed by atoms with Gasteiger partial charge >= 0.3 is 11.9 Å². The van der Waals surface area contributed by atoms with Crippen molar-refractivity contribution in [2.24, 2.45) is 11.8 Å². The summed E-state index contributed by atoms with van der Waals surface area (Å²) in [6.45, 7) is 3.98. The lowest BCUT2D eigenvalue weighted by Gasteiger charge is -2.22. The van der Waals surface area contributed by atoms with E-state index in [1.54, 1.807) is 0 Å². The molecule has 0 amide bonds. The van der Waals surface area contributed by atoms with Gasteiger partial charge in [-0.1, -0.05) is 25.8 Å². The molecule has 5 heteroatoms. The first-order chi connectivity index (χ1) is 9.63. The Hall–Kier alpha value is -1.52. The second-order valence-electron chi connectivity index (χ2n) is 5.26. The van der Waals surface area contributed by atoms with Gasteiger partial charge in [0.05, 0.1) is 18.8 Å². The average Bonchev–Trinajstić information content (AvgIpc) is 2.45. The molecule has 0 aliphatic heterocycles. The summed E-state index contributed by atoms with van der Waals surface area (Å²) in [5.41, 5.74) is 0. The van der Waals surface area contributed by atoms with Crippen LogP contribution in [0.1, 0.15) is 44.9 Å². The number of carboxylic acid groups (broad SMARTS) is 1. The SMILES string of the molecule is C=COCC(CCC(=O)O)C(=O)OCC1CCCCC1. The molecule has 114 valence electrons. The van der Waals surface area contributed by atoms with Crippen LogP contribution in [-0.4, -0.2) is 30.3 Å². The Balaban J connectivity index is 2.35. The first kappa shape index (κ1) is 16.5. The summed E-state index contributed by atoms with van der Waals surface area (Å²) in [4.78, 5) is 22.6. The fourth-order valence-corrected chi connectivity index (χ4v) is 2.42. The molecule has 0 saturated heterocycles. The van der Waals surface area contributed by atoms with Crippen LogP contribution < -0.4 is 0 Å². The van der Waals surface area contributed by atoms with Gasteiger partial charge in [0, 0.05) is 6.42 Å². The molecule has 0 heterocycles. The van der Waals surface area contributed by atoms with Crippen molar-refractivity contribution in [3.05, 3.63) is 12.8 Å². The normalized spacial score (nSPS) is 17.2. The quantitative estimate of drug-likeness (QED) is 0.520. The summed E-state index contributed by atoms with van der Waals surface area (Å²) in [6.07, 6.45) is 7.29. The largest absolute Gasteiger partial charge is 0.501 e. The minimum atomic E-state index is -0.923. The number of aliphatic carboxylic acids is 1. The Morgan fingerprint density at radius 2 is 2.00 bits per heavy atom. The molecule has 0 bridgehead atoms. The van der Waals surface area contributed by atoms with E-state index in [9.17, 15) is 9.59 Å². The molecular formula is C15H24O5. The van der Waals surface area contributed by atoms with Crippen LogP contribution in [0.15, 0.2) is 12.8 Å². The lowest BCUT2D eigenvalue weighted by molar-refractivity contribution is -0.152. The van der Waals surface area contributed by atoms with E-state index < -0.39 is 11.9 Å². The van der Waals surface area contributed by atoms with Gasteiger partial charge in [-0.05, 0) is 25.2 Å². The van der Waals surface area contributed by atoms with Crippen LogP contribution in [0.25, 0.3) is 0 Å². The van der Waals surface area contributed by atoms with Crippen LogP contribution in [-0.2, 0) is 19.1 Å². The van der Waals surface area contributed by atoms with Gasteiger partial charge in [0.1, 0.15) is 6.61 Å². The fourth-order valence-electron chi connectivity index (χ4n) is 2.42. The van der Waals surface area contributed by atoms with Gasteiger partial charge in [0.15, 0.2) is 0 Å². The van der Waals surface area contributed by atoms with E-state index >= 15 is 0 Å². The molecule has 1 rings (SSSR count). The zero-order chi connectivity index (χ0) is 14.8. The van der Waals surface area contributed by atoms with E-state index in [2.05, 4.69) is 6.58 Å². The molecule has 0 radical (unpaired) electrons. The minimum absolute atomic E-state index is 0.0658. The van der Waals surface area contributed by atoms with Crippen LogP contribution in [0.3, 0.4) is 0 Å². The first-order valence-corrected chi connectivity index (χ1v) is 7.24. The fraction of sp³-hybridized carbons (Fsp3) is 0.733. The van der Waals surface area contributed by atoms with Gasteiger partial charge in [-0.3, -0.25) is 9.59 Å².